The third-order valence-corrected chi connectivity index (χ3v) is 3.05. The van der Waals surface area contributed by atoms with E-state index in [1.165, 1.54) is 11.3 Å². The average Bonchev–Trinajstić information content (AvgIpc) is 2.59. The first kappa shape index (κ1) is 12.8. The van der Waals surface area contributed by atoms with Crippen molar-refractivity contribution < 1.29 is 9.59 Å². The van der Waals surface area contributed by atoms with Crippen LogP contribution in [-0.2, 0) is 11.3 Å². The van der Waals surface area contributed by atoms with Crippen molar-refractivity contribution in [1.82, 2.24) is 10.6 Å². The Morgan fingerprint density at radius 3 is 2.75 bits per heavy atom. The Bertz CT molecular complexity index is 394. The molecule has 0 aliphatic heterocycles. The number of primary amides is 1. The summed E-state index contributed by atoms with van der Waals surface area (Å²) in [6.45, 7) is 1.95. The number of thiophene rings is 1. The number of carbonyl (C=O) groups excluding carboxylic acids is 2. The maximum absolute atomic E-state index is 11.4. The molecular weight excluding hydrogens is 250 g/mol. The molecule has 5 nitrogen and oxygen atoms in total. The van der Waals surface area contributed by atoms with Crippen LogP contribution in [0.3, 0.4) is 0 Å². The van der Waals surface area contributed by atoms with Crippen LogP contribution in [0.15, 0.2) is 12.1 Å². The van der Waals surface area contributed by atoms with E-state index in [2.05, 4.69) is 10.6 Å². The second-order valence-corrected chi connectivity index (χ2v) is 4.95. The largest absolute Gasteiger partial charge is 0.352 e. The molecule has 0 saturated heterocycles. The molecule has 1 unspecified atom stereocenters. The summed E-state index contributed by atoms with van der Waals surface area (Å²) in [5.74, 6) is -0.289. The van der Waals surface area contributed by atoms with Gasteiger partial charge in [0.25, 0.3) is 0 Å². The van der Waals surface area contributed by atoms with Gasteiger partial charge in [-0.15, -0.1) is 11.3 Å². The van der Waals surface area contributed by atoms with E-state index in [1.807, 2.05) is 6.07 Å². The lowest BCUT2D eigenvalue weighted by Crippen LogP contribution is -2.46. The van der Waals surface area contributed by atoms with Gasteiger partial charge < -0.3 is 16.4 Å². The third kappa shape index (κ3) is 4.08. The van der Waals surface area contributed by atoms with E-state index in [0.29, 0.717) is 10.9 Å². The second kappa shape index (κ2) is 5.72. The van der Waals surface area contributed by atoms with Gasteiger partial charge in [0.1, 0.15) is 6.04 Å². The SMILES string of the molecule is CC(NC(N)=O)C(=O)NCc1ccc(Cl)s1. The van der Waals surface area contributed by atoms with Crippen LogP contribution in [-0.4, -0.2) is 18.0 Å². The summed E-state index contributed by atoms with van der Waals surface area (Å²) in [4.78, 5) is 22.9. The summed E-state index contributed by atoms with van der Waals surface area (Å²) in [6.07, 6.45) is 0. The molecular formula is C9H12ClN3O2S. The summed E-state index contributed by atoms with van der Waals surface area (Å²) in [6, 6.07) is 2.23. The summed E-state index contributed by atoms with van der Waals surface area (Å²) in [7, 11) is 0. The van der Waals surface area contributed by atoms with Gasteiger partial charge in [0.05, 0.1) is 10.9 Å². The number of hydrogen-bond donors (Lipinski definition) is 3. The number of amides is 3. The number of hydrogen-bond acceptors (Lipinski definition) is 3. The minimum Gasteiger partial charge on any atom is -0.352 e. The summed E-state index contributed by atoms with van der Waals surface area (Å²) in [5.41, 5.74) is 4.90. The Hall–Kier alpha value is -1.27. The molecule has 0 aliphatic carbocycles. The highest BCUT2D eigenvalue weighted by Crippen LogP contribution is 2.20. The predicted octanol–water partition coefficient (Wildman–Crippen LogP) is 1.07. The highest BCUT2D eigenvalue weighted by molar-refractivity contribution is 7.16. The van der Waals surface area contributed by atoms with E-state index in [9.17, 15) is 9.59 Å². The first-order chi connectivity index (χ1) is 7.49. The fraction of sp³-hybridized carbons (Fsp3) is 0.333. The van der Waals surface area contributed by atoms with Crippen molar-refractivity contribution in [3.05, 3.63) is 21.3 Å². The Morgan fingerprint density at radius 2 is 2.25 bits per heavy atom. The molecule has 88 valence electrons. The molecule has 1 rings (SSSR count). The monoisotopic (exact) mass is 261 g/mol. The minimum atomic E-state index is -0.721. The lowest BCUT2D eigenvalue weighted by Gasteiger charge is -2.11. The summed E-state index contributed by atoms with van der Waals surface area (Å²) in [5, 5.41) is 4.95. The van der Waals surface area contributed by atoms with E-state index in [1.54, 1.807) is 13.0 Å². The Kier molecular flexibility index (Phi) is 4.57. The van der Waals surface area contributed by atoms with Crippen molar-refractivity contribution in [2.24, 2.45) is 5.73 Å². The van der Waals surface area contributed by atoms with Crippen LogP contribution in [0.25, 0.3) is 0 Å². The van der Waals surface area contributed by atoms with Crippen LogP contribution >= 0.6 is 22.9 Å². The van der Waals surface area contributed by atoms with E-state index in [4.69, 9.17) is 17.3 Å². The lowest BCUT2D eigenvalue weighted by molar-refractivity contribution is -0.122. The van der Waals surface area contributed by atoms with Crippen molar-refractivity contribution in [3.8, 4) is 0 Å². The van der Waals surface area contributed by atoms with Crippen LogP contribution in [0.4, 0.5) is 4.79 Å². The highest BCUT2D eigenvalue weighted by Gasteiger charge is 2.13. The number of nitrogens with one attached hydrogen (secondary N) is 2. The Morgan fingerprint density at radius 1 is 1.56 bits per heavy atom. The maximum atomic E-state index is 11.4. The van der Waals surface area contributed by atoms with E-state index in [0.717, 1.165) is 4.88 Å². The molecule has 1 aromatic rings. The number of carbonyl (C=O) groups is 2. The van der Waals surface area contributed by atoms with Crippen LogP contribution in [0, 0.1) is 0 Å². The lowest BCUT2D eigenvalue weighted by atomic mass is 10.3. The van der Waals surface area contributed by atoms with Gasteiger partial charge in [0, 0.05) is 4.88 Å². The molecule has 3 amide bonds. The summed E-state index contributed by atoms with van der Waals surface area (Å²) < 4.78 is 0.674. The second-order valence-electron chi connectivity index (χ2n) is 3.15. The zero-order valence-electron chi connectivity index (χ0n) is 8.62. The maximum Gasteiger partial charge on any atom is 0.312 e. The zero-order chi connectivity index (χ0) is 12.1. The summed E-state index contributed by atoms with van der Waals surface area (Å²) >= 11 is 7.13. The van der Waals surface area contributed by atoms with Crippen LogP contribution < -0.4 is 16.4 Å². The van der Waals surface area contributed by atoms with Gasteiger partial charge >= 0.3 is 6.03 Å². The van der Waals surface area contributed by atoms with Crippen LogP contribution in [0.1, 0.15) is 11.8 Å². The number of halogens is 1. The molecule has 1 heterocycles. The first-order valence-electron chi connectivity index (χ1n) is 4.57. The molecule has 1 aromatic heterocycles. The number of urea groups is 1. The molecule has 0 radical (unpaired) electrons. The van der Waals surface area contributed by atoms with Gasteiger partial charge in [-0.3, -0.25) is 4.79 Å². The van der Waals surface area contributed by atoms with E-state index >= 15 is 0 Å². The van der Waals surface area contributed by atoms with Crippen molar-refractivity contribution in [3.63, 3.8) is 0 Å². The van der Waals surface area contributed by atoms with Gasteiger partial charge in [-0.1, -0.05) is 11.6 Å². The molecule has 0 spiro atoms. The van der Waals surface area contributed by atoms with Gasteiger partial charge in [-0.25, -0.2) is 4.79 Å². The van der Waals surface area contributed by atoms with Crippen molar-refractivity contribution in [1.29, 1.82) is 0 Å². The fourth-order valence-electron chi connectivity index (χ4n) is 1.05. The van der Waals surface area contributed by atoms with Gasteiger partial charge in [-0.2, -0.15) is 0 Å². The molecule has 1 atom stereocenters. The van der Waals surface area contributed by atoms with Crippen molar-refractivity contribution in [2.75, 3.05) is 0 Å². The van der Waals surface area contributed by atoms with Crippen molar-refractivity contribution in [2.45, 2.75) is 19.5 Å². The van der Waals surface area contributed by atoms with E-state index in [-0.39, 0.29) is 5.91 Å². The average molecular weight is 262 g/mol. The van der Waals surface area contributed by atoms with Gasteiger partial charge in [0.2, 0.25) is 5.91 Å². The molecule has 4 N–H and O–H groups in total. The smallest absolute Gasteiger partial charge is 0.312 e. The molecule has 0 bridgehead atoms. The number of nitrogens with two attached hydrogens (primary N) is 1. The van der Waals surface area contributed by atoms with Crippen molar-refractivity contribution >= 4 is 34.9 Å². The molecule has 7 heteroatoms. The molecule has 0 aromatic carbocycles. The normalized spacial score (nSPS) is 11.9. The van der Waals surface area contributed by atoms with Crippen LogP contribution in [0.2, 0.25) is 4.34 Å². The zero-order valence-corrected chi connectivity index (χ0v) is 10.2. The molecule has 16 heavy (non-hydrogen) atoms. The fourth-order valence-corrected chi connectivity index (χ4v) is 2.08. The third-order valence-electron chi connectivity index (χ3n) is 1.82. The standard InChI is InChI=1S/C9H12ClN3O2S/c1-5(13-9(11)15)8(14)12-4-6-2-3-7(10)16-6/h2-3,5H,4H2,1H3,(H,12,14)(H3,11,13,15). The highest BCUT2D eigenvalue weighted by atomic mass is 35.5. The Labute approximate surface area is 102 Å². The molecule has 0 saturated carbocycles. The molecule has 0 aliphatic rings. The topological polar surface area (TPSA) is 84.2 Å². The van der Waals surface area contributed by atoms with Gasteiger partial charge in [0.15, 0.2) is 0 Å². The predicted molar refractivity (Wildman–Crippen MR) is 63.4 cm³/mol. The first-order valence-corrected chi connectivity index (χ1v) is 5.76. The quantitative estimate of drug-likeness (QED) is 0.758. The van der Waals surface area contributed by atoms with E-state index < -0.39 is 12.1 Å². The van der Waals surface area contributed by atoms with Gasteiger partial charge in [-0.05, 0) is 19.1 Å². The Balaban J connectivity index is 2.37. The minimum absolute atomic E-state index is 0.289. The number of rotatable bonds is 4. The molecule has 0 fully saturated rings. The van der Waals surface area contributed by atoms with Crippen LogP contribution in [0.5, 0.6) is 0 Å².